The van der Waals surface area contributed by atoms with Crippen molar-refractivity contribution in [2.45, 2.75) is 17.1 Å². The van der Waals surface area contributed by atoms with Crippen molar-refractivity contribution in [1.29, 1.82) is 0 Å². The average Bonchev–Trinajstić information content (AvgIpc) is 2.85. The third-order valence-corrected chi connectivity index (χ3v) is 6.17. The number of carboxylic acid groups (broad SMARTS) is 1. The molecule has 7 nitrogen and oxygen atoms in total. The first-order chi connectivity index (χ1) is 16.4. The molecule has 0 saturated carbocycles. The van der Waals surface area contributed by atoms with Crippen molar-refractivity contribution in [2.75, 3.05) is 10.6 Å². The summed E-state index contributed by atoms with van der Waals surface area (Å²) in [7, 11) is 0. The van der Waals surface area contributed by atoms with E-state index in [1.807, 2.05) is 37.3 Å². The number of pyridine rings is 1. The molecule has 0 saturated heterocycles. The van der Waals surface area contributed by atoms with E-state index in [-0.39, 0.29) is 22.3 Å². The predicted octanol–water partition coefficient (Wildman–Crippen LogP) is 5.30. The Morgan fingerprint density at radius 1 is 0.853 bits per heavy atom. The van der Waals surface area contributed by atoms with Crippen molar-refractivity contribution in [3.05, 3.63) is 96.2 Å². The van der Waals surface area contributed by atoms with E-state index in [9.17, 15) is 19.5 Å². The molecule has 34 heavy (non-hydrogen) atoms. The number of aromatic carboxylic acids is 1. The molecule has 8 heteroatoms. The first-order valence-electron chi connectivity index (χ1n) is 10.5. The van der Waals surface area contributed by atoms with Crippen LogP contribution < -0.4 is 10.6 Å². The molecule has 4 rings (SSSR count). The molecule has 1 heterocycles. The highest BCUT2D eigenvalue weighted by Crippen LogP contribution is 2.26. The van der Waals surface area contributed by atoms with Gasteiger partial charge in [0.05, 0.1) is 33.8 Å². The molecule has 0 spiro atoms. The highest BCUT2D eigenvalue weighted by atomic mass is 32.2. The number of carbonyl (C=O) groups excluding carboxylic acids is 2. The van der Waals surface area contributed by atoms with Gasteiger partial charge in [-0.05, 0) is 55.5 Å². The first-order valence-corrected chi connectivity index (χ1v) is 11.3. The SMILES string of the molecule is CC(Sc1ccc(NC(=O)c2ccccc2C(=O)O)cc1)C(=O)Nc1cnc2ccccc2c1. The van der Waals surface area contributed by atoms with Gasteiger partial charge in [0.1, 0.15) is 0 Å². The smallest absolute Gasteiger partial charge is 0.336 e. The van der Waals surface area contributed by atoms with Crippen LogP contribution in [0.3, 0.4) is 0 Å². The lowest BCUT2D eigenvalue weighted by atomic mass is 10.1. The maximum Gasteiger partial charge on any atom is 0.336 e. The summed E-state index contributed by atoms with van der Waals surface area (Å²) in [6.07, 6.45) is 1.64. The largest absolute Gasteiger partial charge is 0.478 e. The van der Waals surface area contributed by atoms with Crippen molar-refractivity contribution in [1.82, 2.24) is 4.98 Å². The van der Waals surface area contributed by atoms with E-state index in [0.717, 1.165) is 15.8 Å². The number of carboxylic acids is 1. The number of carbonyl (C=O) groups is 3. The van der Waals surface area contributed by atoms with Crippen LogP contribution in [0.2, 0.25) is 0 Å². The van der Waals surface area contributed by atoms with Crippen molar-refractivity contribution >= 4 is 51.8 Å². The molecule has 0 aliphatic carbocycles. The molecule has 0 bridgehead atoms. The van der Waals surface area contributed by atoms with Gasteiger partial charge in [0.15, 0.2) is 0 Å². The second kappa shape index (κ2) is 10.2. The minimum absolute atomic E-state index is 0.0615. The quantitative estimate of drug-likeness (QED) is 0.316. The number of fused-ring (bicyclic) bond motifs is 1. The minimum atomic E-state index is -1.16. The average molecular weight is 472 g/mol. The highest BCUT2D eigenvalue weighted by molar-refractivity contribution is 8.00. The van der Waals surface area contributed by atoms with E-state index in [1.165, 1.54) is 23.9 Å². The van der Waals surface area contributed by atoms with Crippen molar-refractivity contribution in [3.63, 3.8) is 0 Å². The summed E-state index contributed by atoms with van der Waals surface area (Å²) in [5.74, 6) is -1.82. The fourth-order valence-corrected chi connectivity index (χ4v) is 4.19. The van der Waals surface area contributed by atoms with E-state index in [2.05, 4.69) is 15.6 Å². The Hall–Kier alpha value is -4.17. The maximum atomic E-state index is 12.6. The summed E-state index contributed by atoms with van der Waals surface area (Å²) in [5.41, 5.74) is 2.04. The van der Waals surface area contributed by atoms with Gasteiger partial charge in [-0.1, -0.05) is 30.3 Å². The van der Waals surface area contributed by atoms with Crippen LogP contribution in [0, 0.1) is 0 Å². The number of anilines is 2. The second-order valence-corrected chi connectivity index (χ2v) is 8.91. The molecular formula is C26H21N3O4S. The van der Waals surface area contributed by atoms with E-state index in [1.54, 1.807) is 42.6 Å². The normalized spacial score (nSPS) is 11.6. The highest BCUT2D eigenvalue weighted by Gasteiger charge is 2.17. The van der Waals surface area contributed by atoms with Crippen molar-refractivity contribution < 1.29 is 19.5 Å². The summed E-state index contributed by atoms with van der Waals surface area (Å²) >= 11 is 1.38. The number of nitrogens with one attached hydrogen (secondary N) is 2. The standard InChI is InChI=1S/C26H21N3O4S/c1-16(24(30)29-19-14-17-6-2-5-9-23(17)27-15-19)34-20-12-10-18(11-13-20)28-25(31)21-7-3-4-8-22(21)26(32)33/h2-16H,1H3,(H,28,31)(H,29,30)(H,32,33). The number of amides is 2. The molecule has 3 N–H and O–H groups in total. The number of thioether (sulfide) groups is 1. The van der Waals surface area contributed by atoms with Crippen LogP contribution in [0.5, 0.6) is 0 Å². The number of aromatic nitrogens is 1. The minimum Gasteiger partial charge on any atom is -0.478 e. The van der Waals surface area contributed by atoms with Crippen LogP contribution in [0.25, 0.3) is 10.9 Å². The van der Waals surface area contributed by atoms with Crippen LogP contribution in [-0.4, -0.2) is 33.1 Å². The molecule has 0 radical (unpaired) electrons. The van der Waals surface area contributed by atoms with Crippen molar-refractivity contribution in [2.24, 2.45) is 0 Å². The lowest BCUT2D eigenvalue weighted by molar-refractivity contribution is -0.115. The molecule has 170 valence electrons. The molecule has 0 fully saturated rings. The van der Waals surface area contributed by atoms with Crippen LogP contribution >= 0.6 is 11.8 Å². The van der Waals surface area contributed by atoms with Gasteiger partial charge in [0, 0.05) is 16.0 Å². The number of rotatable bonds is 7. The second-order valence-electron chi connectivity index (χ2n) is 7.50. The molecule has 2 amide bonds. The van der Waals surface area contributed by atoms with Crippen LogP contribution in [0.15, 0.2) is 90.0 Å². The molecule has 0 aliphatic rings. The van der Waals surface area contributed by atoms with Gasteiger partial charge >= 0.3 is 5.97 Å². The summed E-state index contributed by atoms with van der Waals surface area (Å²) in [6, 6.07) is 22.6. The topological polar surface area (TPSA) is 108 Å². The molecule has 1 atom stereocenters. The molecule has 1 unspecified atom stereocenters. The monoisotopic (exact) mass is 471 g/mol. The third-order valence-electron chi connectivity index (χ3n) is 5.05. The lowest BCUT2D eigenvalue weighted by Gasteiger charge is -2.13. The Kier molecular flexibility index (Phi) is 6.89. The summed E-state index contributed by atoms with van der Waals surface area (Å²) in [6.45, 7) is 1.81. The first kappa shape index (κ1) is 23.0. The molecule has 4 aromatic rings. The van der Waals surface area contributed by atoms with Crippen molar-refractivity contribution in [3.8, 4) is 0 Å². The van der Waals surface area contributed by atoms with Gasteiger partial charge in [-0.2, -0.15) is 0 Å². The predicted molar refractivity (Wildman–Crippen MR) is 133 cm³/mol. The Morgan fingerprint density at radius 2 is 1.53 bits per heavy atom. The molecule has 1 aromatic heterocycles. The van der Waals surface area contributed by atoms with Crippen LogP contribution in [0.1, 0.15) is 27.6 Å². The summed E-state index contributed by atoms with van der Waals surface area (Å²) in [4.78, 5) is 41.7. The Labute approximate surface area is 200 Å². The molecule has 0 aliphatic heterocycles. The van der Waals surface area contributed by atoms with Gasteiger partial charge in [0.2, 0.25) is 5.91 Å². The zero-order chi connectivity index (χ0) is 24.1. The Morgan fingerprint density at radius 3 is 2.26 bits per heavy atom. The van der Waals surface area contributed by atoms with Gasteiger partial charge in [-0.15, -0.1) is 11.8 Å². The molecular weight excluding hydrogens is 450 g/mol. The van der Waals surface area contributed by atoms with Gasteiger partial charge in [-0.3, -0.25) is 14.6 Å². The molecule has 3 aromatic carbocycles. The van der Waals surface area contributed by atoms with Gasteiger partial charge < -0.3 is 15.7 Å². The fourth-order valence-electron chi connectivity index (χ4n) is 3.32. The zero-order valence-corrected chi connectivity index (χ0v) is 19.0. The number of hydrogen-bond acceptors (Lipinski definition) is 5. The van der Waals surface area contributed by atoms with E-state index in [0.29, 0.717) is 11.4 Å². The van der Waals surface area contributed by atoms with Crippen LogP contribution in [-0.2, 0) is 4.79 Å². The lowest BCUT2D eigenvalue weighted by Crippen LogP contribution is -2.22. The van der Waals surface area contributed by atoms with E-state index < -0.39 is 11.9 Å². The fraction of sp³-hybridized carbons (Fsp3) is 0.0769. The summed E-state index contributed by atoms with van der Waals surface area (Å²) in [5, 5.41) is 15.5. The maximum absolute atomic E-state index is 12.6. The van der Waals surface area contributed by atoms with E-state index >= 15 is 0 Å². The Balaban J connectivity index is 1.36. The zero-order valence-electron chi connectivity index (χ0n) is 18.2. The van der Waals surface area contributed by atoms with Gasteiger partial charge in [0.25, 0.3) is 5.91 Å². The van der Waals surface area contributed by atoms with E-state index in [4.69, 9.17) is 0 Å². The van der Waals surface area contributed by atoms with Gasteiger partial charge in [-0.25, -0.2) is 4.79 Å². The number of benzene rings is 3. The Bertz CT molecular complexity index is 1370. The summed E-state index contributed by atoms with van der Waals surface area (Å²) < 4.78 is 0. The van der Waals surface area contributed by atoms with Crippen LogP contribution in [0.4, 0.5) is 11.4 Å². The third kappa shape index (κ3) is 5.41. The number of nitrogens with zero attached hydrogens (tertiary/aromatic N) is 1. The number of hydrogen-bond donors (Lipinski definition) is 3. The number of para-hydroxylation sites is 1.